The fourth-order valence-corrected chi connectivity index (χ4v) is 3.79. The largest absolute Gasteiger partial charge is 0.372 e. The zero-order valence-corrected chi connectivity index (χ0v) is 11.1. The Labute approximate surface area is 111 Å². The van der Waals surface area contributed by atoms with E-state index < -0.39 is 0 Å². The minimum atomic E-state index is 0.163. The van der Waals surface area contributed by atoms with Crippen molar-refractivity contribution in [1.82, 2.24) is 4.90 Å². The molecule has 3 atom stereocenters. The first-order valence-electron chi connectivity index (χ1n) is 6.37. The maximum Gasteiger partial charge on any atom is 0.255 e. The van der Waals surface area contributed by atoms with Gasteiger partial charge >= 0.3 is 0 Å². The molecule has 3 nitrogen and oxygen atoms in total. The molecule has 2 fully saturated rings. The maximum atomic E-state index is 12.4. The Morgan fingerprint density at radius 1 is 1.61 bits per heavy atom. The summed E-state index contributed by atoms with van der Waals surface area (Å²) < 4.78 is 5.83. The van der Waals surface area contributed by atoms with Crippen LogP contribution in [0.3, 0.4) is 0 Å². The topological polar surface area (TPSA) is 29.5 Å². The summed E-state index contributed by atoms with van der Waals surface area (Å²) in [6, 6.07) is 2.17. The normalized spacial score (nSPS) is 29.8. The van der Waals surface area contributed by atoms with Crippen LogP contribution >= 0.6 is 11.3 Å². The monoisotopic (exact) mass is 263 g/mol. The van der Waals surface area contributed by atoms with Gasteiger partial charge in [0, 0.05) is 17.8 Å². The third-order valence-corrected chi connectivity index (χ3v) is 4.63. The van der Waals surface area contributed by atoms with Crippen molar-refractivity contribution in [3.8, 4) is 0 Å². The number of amides is 1. The molecular formula is C14H17NO2S. The Hall–Kier alpha value is -1.13. The lowest BCUT2D eigenvalue weighted by atomic mass is 10.1. The smallest absolute Gasteiger partial charge is 0.255 e. The Balaban J connectivity index is 1.73. The van der Waals surface area contributed by atoms with Crippen molar-refractivity contribution in [2.45, 2.75) is 25.0 Å². The summed E-state index contributed by atoms with van der Waals surface area (Å²) in [4.78, 5) is 14.4. The van der Waals surface area contributed by atoms with E-state index in [1.165, 1.54) is 6.42 Å². The number of ether oxygens (including phenoxy) is 1. The zero-order chi connectivity index (χ0) is 12.5. The van der Waals surface area contributed by atoms with E-state index in [4.69, 9.17) is 4.74 Å². The van der Waals surface area contributed by atoms with Crippen molar-refractivity contribution in [2.75, 3.05) is 13.2 Å². The average molecular weight is 263 g/mol. The predicted molar refractivity (Wildman–Crippen MR) is 71.8 cm³/mol. The van der Waals surface area contributed by atoms with Gasteiger partial charge < -0.3 is 9.64 Å². The van der Waals surface area contributed by atoms with Gasteiger partial charge in [-0.1, -0.05) is 6.08 Å². The van der Waals surface area contributed by atoms with Crippen molar-refractivity contribution >= 4 is 17.2 Å². The summed E-state index contributed by atoms with van der Waals surface area (Å²) >= 11 is 1.57. The van der Waals surface area contributed by atoms with E-state index in [1.54, 1.807) is 17.4 Å². The summed E-state index contributed by atoms with van der Waals surface area (Å²) in [5, 5.41) is 3.88. The Kier molecular flexibility index (Phi) is 3.22. The van der Waals surface area contributed by atoms with E-state index in [0.29, 0.717) is 12.5 Å². The summed E-state index contributed by atoms with van der Waals surface area (Å²) in [7, 11) is 0. The van der Waals surface area contributed by atoms with Crippen LogP contribution in [-0.2, 0) is 4.74 Å². The minimum Gasteiger partial charge on any atom is -0.372 e. The van der Waals surface area contributed by atoms with E-state index in [9.17, 15) is 4.79 Å². The van der Waals surface area contributed by atoms with Crippen LogP contribution in [0.4, 0.5) is 0 Å². The fraction of sp³-hybridized carbons (Fsp3) is 0.500. The quantitative estimate of drug-likeness (QED) is 0.781. The number of hydrogen-bond acceptors (Lipinski definition) is 3. The van der Waals surface area contributed by atoms with Gasteiger partial charge in [-0.2, -0.15) is 11.3 Å². The number of nitrogens with zero attached hydrogens (tertiary/aromatic N) is 1. The Bertz CT molecular complexity index is 443. The molecule has 18 heavy (non-hydrogen) atoms. The molecule has 1 aromatic rings. The van der Waals surface area contributed by atoms with Crippen molar-refractivity contribution in [3.63, 3.8) is 0 Å². The van der Waals surface area contributed by atoms with Gasteiger partial charge in [-0.25, -0.2) is 0 Å². The molecule has 1 saturated carbocycles. The van der Waals surface area contributed by atoms with Gasteiger partial charge in [0.2, 0.25) is 0 Å². The molecule has 4 heteroatoms. The molecule has 2 bridgehead atoms. The van der Waals surface area contributed by atoms with Crippen molar-refractivity contribution in [1.29, 1.82) is 0 Å². The molecule has 1 saturated heterocycles. The number of carbonyl (C=O) groups excluding carboxylic acids is 1. The first kappa shape index (κ1) is 11.9. The Morgan fingerprint density at radius 2 is 2.50 bits per heavy atom. The molecule has 0 N–H and O–H groups in total. The van der Waals surface area contributed by atoms with Gasteiger partial charge in [-0.15, -0.1) is 6.58 Å². The molecule has 0 spiro atoms. The molecule has 1 amide bonds. The molecule has 0 unspecified atom stereocenters. The molecule has 1 aliphatic heterocycles. The number of likely N-dealkylation sites (tertiary alicyclic amines) is 1. The van der Waals surface area contributed by atoms with Crippen LogP contribution < -0.4 is 0 Å². The average Bonchev–Trinajstić information content (AvgIpc) is 3.11. The third kappa shape index (κ3) is 1.89. The number of carbonyl (C=O) groups is 1. The summed E-state index contributed by atoms with van der Waals surface area (Å²) in [6.07, 6.45) is 4.25. The first-order valence-corrected chi connectivity index (χ1v) is 7.31. The standard InChI is InChI=1S/C14H17NO2S/c1-2-6-17-13-10-3-4-12(13)15(8-10)14(16)11-5-7-18-9-11/h2,5,7,9-10,12-13H,1,3-4,6,8H2/t10-,12+,13+/m0/s1. The fourth-order valence-electron chi connectivity index (χ4n) is 3.16. The molecule has 0 aromatic carbocycles. The second-order valence-corrected chi connectivity index (χ2v) is 5.74. The molecule has 1 aromatic heterocycles. The van der Waals surface area contributed by atoms with Crippen molar-refractivity contribution in [2.24, 2.45) is 5.92 Å². The summed E-state index contributed by atoms with van der Waals surface area (Å²) in [5.41, 5.74) is 0.815. The second-order valence-electron chi connectivity index (χ2n) is 4.96. The Morgan fingerprint density at radius 3 is 3.22 bits per heavy atom. The van der Waals surface area contributed by atoms with Gasteiger partial charge in [0.25, 0.3) is 5.91 Å². The number of rotatable bonds is 4. The third-order valence-electron chi connectivity index (χ3n) is 3.94. The molecule has 3 rings (SSSR count). The maximum absolute atomic E-state index is 12.4. The number of fused-ring (bicyclic) bond motifs is 2. The van der Waals surface area contributed by atoms with E-state index in [-0.39, 0.29) is 18.1 Å². The highest BCUT2D eigenvalue weighted by Crippen LogP contribution is 2.40. The van der Waals surface area contributed by atoms with Gasteiger partial charge in [0.15, 0.2) is 0 Å². The first-order chi connectivity index (χ1) is 8.81. The molecule has 0 radical (unpaired) electrons. The molecule has 1 aliphatic carbocycles. The van der Waals surface area contributed by atoms with Crippen LogP contribution in [0.15, 0.2) is 29.5 Å². The zero-order valence-electron chi connectivity index (χ0n) is 10.2. The number of hydrogen-bond donors (Lipinski definition) is 0. The highest BCUT2D eigenvalue weighted by Gasteiger charge is 2.49. The van der Waals surface area contributed by atoms with Crippen molar-refractivity contribution in [3.05, 3.63) is 35.0 Å². The van der Waals surface area contributed by atoms with E-state index >= 15 is 0 Å². The summed E-state index contributed by atoms with van der Waals surface area (Å²) in [6.45, 7) is 5.11. The van der Waals surface area contributed by atoms with Crippen LogP contribution in [-0.4, -0.2) is 36.1 Å². The van der Waals surface area contributed by atoms with Crippen molar-refractivity contribution < 1.29 is 9.53 Å². The van der Waals surface area contributed by atoms with E-state index in [0.717, 1.165) is 18.5 Å². The van der Waals surface area contributed by atoms with Crippen LogP contribution in [0.2, 0.25) is 0 Å². The van der Waals surface area contributed by atoms with E-state index in [2.05, 4.69) is 6.58 Å². The van der Waals surface area contributed by atoms with Crippen LogP contribution in [0, 0.1) is 5.92 Å². The minimum absolute atomic E-state index is 0.163. The van der Waals surface area contributed by atoms with Gasteiger partial charge in [-0.3, -0.25) is 4.79 Å². The second kappa shape index (κ2) is 4.86. The lowest BCUT2D eigenvalue weighted by Gasteiger charge is -2.27. The van der Waals surface area contributed by atoms with Gasteiger partial charge in [-0.05, 0) is 24.3 Å². The van der Waals surface area contributed by atoms with Crippen LogP contribution in [0.1, 0.15) is 23.2 Å². The summed E-state index contributed by atoms with van der Waals surface area (Å²) in [5.74, 6) is 0.674. The van der Waals surface area contributed by atoms with Gasteiger partial charge in [0.1, 0.15) is 0 Å². The number of piperidine rings is 1. The molecule has 2 aliphatic rings. The molecule has 96 valence electrons. The van der Waals surface area contributed by atoms with Gasteiger partial charge in [0.05, 0.1) is 24.3 Å². The highest BCUT2D eigenvalue weighted by atomic mass is 32.1. The lowest BCUT2D eigenvalue weighted by Crippen LogP contribution is -2.39. The molecule has 2 heterocycles. The van der Waals surface area contributed by atoms with Crippen LogP contribution in [0.5, 0.6) is 0 Å². The lowest BCUT2D eigenvalue weighted by molar-refractivity contribution is 0.0409. The molecular weight excluding hydrogens is 246 g/mol. The van der Waals surface area contributed by atoms with E-state index in [1.807, 2.05) is 21.7 Å². The predicted octanol–water partition coefficient (Wildman–Crippen LogP) is 2.55. The number of thiophene rings is 1. The SMILES string of the molecule is C=CCO[C@@H]1[C@H]2CC[C@H]1N(C(=O)c1ccsc1)C2. The highest BCUT2D eigenvalue weighted by molar-refractivity contribution is 7.08. The van der Waals surface area contributed by atoms with Crippen LogP contribution in [0.25, 0.3) is 0 Å².